The van der Waals surface area contributed by atoms with Crippen LogP contribution in [0.5, 0.6) is 23.0 Å². The van der Waals surface area contributed by atoms with E-state index in [0.717, 1.165) is 10.9 Å². The van der Waals surface area contributed by atoms with Crippen LogP contribution in [0, 0.1) is 0 Å². The Bertz CT molecular complexity index is 994. The van der Waals surface area contributed by atoms with Crippen LogP contribution in [0.1, 0.15) is 10.5 Å². The maximum Gasteiger partial charge on any atom is 0.272 e. The standard InChI is InChI=1S/C20H22N2O5/c1-22-15(11-13-16(25-3)8-9-18(27-5)19(13)22)20(23)21-14-10-12(24-2)6-7-17(14)26-4/h6-11H,1-5H3,(H,21,23). The number of aryl methyl sites for hydroxylation is 1. The molecule has 0 unspecified atom stereocenters. The van der Waals surface area contributed by atoms with E-state index in [1.807, 2.05) is 19.2 Å². The van der Waals surface area contributed by atoms with Gasteiger partial charge in [-0.15, -0.1) is 0 Å². The highest BCUT2D eigenvalue weighted by Gasteiger charge is 2.20. The summed E-state index contributed by atoms with van der Waals surface area (Å²) in [6.07, 6.45) is 0. The Morgan fingerprint density at radius 1 is 0.852 bits per heavy atom. The molecule has 0 radical (unpaired) electrons. The smallest absolute Gasteiger partial charge is 0.272 e. The van der Waals surface area contributed by atoms with Crippen molar-refractivity contribution >= 4 is 22.5 Å². The summed E-state index contributed by atoms with van der Waals surface area (Å²) >= 11 is 0. The molecule has 1 aromatic heterocycles. The third-order valence-corrected chi connectivity index (χ3v) is 4.45. The van der Waals surface area contributed by atoms with Gasteiger partial charge in [-0.3, -0.25) is 4.79 Å². The van der Waals surface area contributed by atoms with Gasteiger partial charge in [-0.2, -0.15) is 0 Å². The Labute approximate surface area is 157 Å². The van der Waals surface area contributed by atoms with Crippen LogP contribution < -0.4 is 24.3 Å². The van der Waals surface area contributed by atoms with E-state index in [9.17, 15) is 4.79 Å². The number of carbonyl (C=O) groups is 1. The molecule has 0 spiro atoms. The SMILES string of the molecule is COc1ccc(OC)c(NC(=O)c2cc3c(OC)ccc(OC)c3n2C)c1. The van der Waals surface area contributed by atoms with Crippen LogP contribution in [0.3, 0.4) is 0 Å². The zero-order valence-electron chi connectivity index (χ0n) is 16.0. The average molecular weight is 370 g/mol. The maximum absolute atomic E-state index is 13.0. The number of ether oxygens (including phenoxy) is 4. The molecule has 0 aliphatic carbocycles. The quantitative estimate of drug-likeness (QED) is 0.719. The summed E-state index contributed by atoms with van der Waals surface area (Å²) in [6.45, 7) is 0. The lowest BCUT2D eigenvalue weighted by atomic mass is 10.2. The number of hydrogen-bond acceptors (Lipinski definition) is 5. The Balaban J connectivity index is 2.06. The number of methoxy groups -OCH3 is 4. The molecule has 7 heteroatoms. The Morgan fingerprint density at radius 3 is 2.11 bits per heavy atom. The van der Waals surface area contributed by atoms with Crippen LogP contribution in [0.4, 0.5) is 5.69 Å². The number of anilines is 1. The minimum Gasteiger partial charge on any atom is -0.497 e. The van der Waals surface area contributed by atoms with Crippen molar-refractivity contribution in [1.82, 2.24) is 4.57 Å². The van der Waals surface area contributed by atoms with E-state index >= 15 is 0 Å². The van der Waals surface area contributed by atoms with Gasteiger partial charge in [-0.25, -0.2) is 0 Å². The molecular weight excluding hydrogens is 348 g/mol. The van der Waals surface area contributed by atoms with E-state index in [-0.39, 0.29) is 5.91 Å². The van der Waals surface area contributed by atoms with Crippen molar-refractivity contribution in [2.75, 3.05) is 33.8 Å². The topological polar surface area (TPSA) is 71.0 Å². The molecule has 1 heterocycles. The van der Waals surface area contributed by atoms with E-state index in [1.165, 1.54) is 0 Å². The third kappa shape index (κ3) is 3.23. The monoisotopic (exact) mass is 370 g/mol. The van der Waals surface area contributed by atoms with Crippen molar-refractivity contribution in [3.63, 3.8) is 0 Å². The summed E-state index contributed by atoms with van der Waals surface area (Å²) in [5.41, 5.74) is 1.75. The number of rotatable bonds is 6. The van der Waals surface area contributed by atoms with Crippen LogP contribution in [0.15, 0.2) is 36.4 Å². The van der Waals surface area contributed by atoms with Crippen molar-refractivity contribution in [1.29, 1.82) is 0 Å². The number of carbonyl (C=O) groups excluding carboxylic acids is 1. The molecule has 1 N–H and O–H groups in total. The van der Waals surface area contributed by atoms with Gasteiger partial charge in [0, 0.05) is 18.5 Å². The number of benzene rings is 2. The molecule has 0 fully saturated rings. The van der Waals surface area contributed by atoms with Crippen molar-refractivity contribution in [3.8, 4) is 23.0 Å². The van der Waals surface area contributed by atoms with Crippen molar-refractivity contribution in [2.24, 2.45) is 7.05 Å². The first-order chi connectivity index (χ1) is 13.0. The predicted molar refractivity (Wildman–Crippen MR) is 104 cm³/mol. The average Bonchev–Trinajstić information content (AvgIpc) is 3.05. The van der Waals surface area contributed by atoms with Gasteiger partial charge in [0.2, 0.25) is 0 Å². The molecule has 3 rings (SSSR count). The highest BCUT2D eigenvalue weighted by Crippen LogP contribution is 2.36. The number of hydrogen-bond donors (Lipinski definition) is 1. The van der Waals surface area contributed by atoms with E-state index < -0.39 is 0 Å². The van der Waals surface area contributed by atoms with Gasteiger partial charge < -0.3 is 28.8 Å². The molecule has 142 valence electrons. The fourth-order valence-corrected chi connectivity index (χ4v) is 3.07. The summed E-state index contributed by atoms with van der Waals surface area (Å²) < 4.78 is 23.2. The molecule has 7 nitrogen and oxygen atoms in total. The largest absolute Gasteiger partial charge is 0.497 e. The first-order valence-corrected chi connectivity index (χ1v) is 8.27. The van der Waals surface area contributed by atoms with Crippen LogP contribution in [0.25, 0.3) is 10.9 Å². The normalized spacial score (nSPS) is 10.6. The minimum atomic E-state index is -0.288. The summed E-state index contributed by atoms with van der Waals surface area (Å²) in [4.78, 5) is 13.0. The van der Waals surface area contributed by atoms with E-state index in [1.54, 1.807) is 57.3 Å². The Morgan fingerprint density at radius 2 is 1.48 bits per heavy atom. The fraction of sp³-hybridized carbons (Fsp3) is 0.250. The van der Waals surface area contributed by atoms with Crippen LogP contribution >= 0.6 is 0 Å². The molecular formula is C20H22N2O5. The second kappa shape index (κ2) is 7.49. The van der Waals surface area contributed by atoms with Gasteiger partial charge in [-0.1, -0.05) is 0 Å². The molecule has 0 aliphatic rings. The minimum absolute atomic E-state index is 0.288. The van der Waals surface area contributed by atoms with Gasteiger partial charge in [0.15, 0.2) is 0 Å². The van der Waals surface area contributed by atoms with Gasteiger partial charge in [0.1, 0.15) is 28.7 Å². The first-order valence-electron chi connectivity index (χ1n) is 8.27. The zero-order valence-corrected chi connectivity index (χ0v) is 16.0. The lowest BCUT2D eigenvalue weighted by molar-refractivity contribution is 0.101. The van der Waals surface area contributed by atoms with E-state index in [0.29, 0.717) is 34.4 Å². The van der Waals surface area contributed by atoms with Crippen molar-refractivity contribution in [2.45, 2.75) is 0 Å². The second-order valence-electron chi connectivity index (χ2n) is 5.84. The van der Waals surface area contributed by atoms with E-state index in [2.05, 4.69) is 5.32 Å². The van der Waals surface area contributed by atoms with Gasteiger partial charge >= 0.3 is 0 Å². The lowest BCUT2D eigenvalue weighted by Gasteiger charge is -2.12. The number of nitrogens with one attached hydrogen (secondary N) is 1. The summed E-state index contributed by atoms with van der Waals surface area (Å²) in [6, 6.07) is 10.6. The maximum atomic E-state index is 13.0. The Hall–Kier alpha value is -3.35. The highest BCUT2D eigenvalue weighted by molar-refractivity contribution is 6.08. The van der Waals surface area contributed by atoms with Crippen LogP contribution in [-0.4, -0.2) is 38.9 Å². The summed E-state index contributed by atoms with van der Waals surface area (Å²) in [5, 5.41) is 3.68. The number of amides is 1. The molecule has 1 amide bonds. The van der Waals surface area contributed by atoms with Gasteiger partial charge in [-0.05, 0) is 30.3 Å². The molecule has 0 aliphatic heterocycles. The first kappa shape index (κ1) is 18.4. The molecule has 0 saturated carbocycles. The van der Waals surface area contributed by atoms with Crippen molar-refractivity contribution in [3.05, 3.63) is 42.1 Å². The van der Waals surface area contributed by atoms with Crippen LogP contribution in [0.2, 0.25) is 0 Å². The Kier molecular flexibility index (Phi) is 5.12. The van der Waals surface area contributed by atoms with Gasteiger partial charge in [0.25, 0.3) is 5.91 Å². The van der Waals surface area contributed by atoms with Gasteiger partial charge in [0.05, 0.1) is 39.6 Å². The number of fused-ring (bicyclic) bond motifs is 1. The lowest BCUT2D eigenvalue weighted by Crippen LogP contribution is -2.16. The predicted octanol–water partition coefficient (Wildman–Crippen LogP) is 3.47. The number of aromatic nitrogens is 1. The fourth-order valence-electron chi connectivity index (χ4n) is 3.07. The molecule has 3 aromatic rings. The third-order valence-electron chi connectivity index (χ3n) is 4.45. The molecule has 0 saturated heterocycles. The molecule has 0 atom stereocenters. The van der Waals surface area contributed by atoms with Crippen molar-refractivity contribution < 1.29 is 23.7 Å². The molecule has 2 aromatic carbocycles. The summed E-state index contributed by atoms with van der Waals surface area (Å²) in [5.74, 6) is 2.19. The molecule has 0 bridgehead atoms. The highest BCUT2D eigenvalue weighted by atomic mass is 16.5. The van der Waals surface area contributed by atoms with Crippen LogP contribution in [-0.2, 0) is 7.05 Å². The zero-order chi connectivity index (χ0) is 19.6. The second-order valence-corrected chi connectivity index (χ2v) is 5.84. The molecule has 27 heavy (non-hydrogen) atoms. The number of nitrogens with zero attached hydrogens (tertiary/aromatic N) is 1. The summed E-state index contributed by atoms with van der Waals surface area (Å²) in [7, 11) is 8.10. The van der Waals surface area contributed by atoms with E-state index in [4.69, 9.17) is 18.9 Å².